The molecule has 2 aromatic rings. The number of nitriles is 2. The first-order chi connectivity index (χ1) is 11.2. The van der Waals surface area contributed by atoms with Crippen LogP contribution in [0.1, 0.15) is 5.56 Å². The second-order valence-corrected chi connectivity index (χ2v) is 4.43. The maximum Gasteiger partial charge on any atom is 0.349 e. The number of hydrogen-bond donors (Lipinski definition) is 0. The van der Waals surface area contributed by atoms with E-state index in [0.717, 1.165) is 0 Å². The van der Waals surface area contributed by atoms with Crippen molar-refractivity contribution in [2.24, 2.45) is 0 Å². The molecule has 0 aliphatic rings. The summed E-state index contributed by atoms with van der Waals surface area (Å²) in [7, 11) is 0. The minimum absolute atomic E-state index is 0.00556. The van der Waals surface area contributed by atoms with Crippen molar-refractivity contribution in [2.45, 2.75) is 0 Å². The van der Waals surface area contributed by atoms with Gasteiger partial charge in [0, 0.05) is 0 Å². The molecule has 0 bridgehead atoms. The number of benzene rings is 2. The molecule has 0 spiro atoms. The molecule has 0 N–H and O–H groups in total. The summed E-state index contributed by atoms with van der Waals surface area (Å²) in [6.07, 6.45) is 1.45. The van der Waals surface area contributed by atoms with Gasteiger partial charge in [-0.25, -0.2) is 4.79 Å². The van der Waals surface area contributed by atoms with E-state index in [9.17, 15) is 4.79 Å². The third-order valence-electron chi connectivity index (χ3n) is 2.76. The summed E-state index contributed by atoms with van der Waals surface area (Å²) in [5, 5.41) is 17.4. The van der Waals surface area contributed by atoms with Crippen LogP contribution in [-0.4, -0.2) is 12.6 Å². The van der Waals surface area contributed by atoms with Crippen LogP contribution in [0.2, 0.25) is 0 Å². The number of nitrogens with zero attached hydrogens (tertiary/aromatic N) is 2. The molecule has 0 saturated heterocycles. The lowest BCUT2D eigenvalue weighted by atomic mass is 10.1. The van der Waals surface area contributed by atoms with Crippen molar-refractivity contribution < 1.29 is 14.3 Å². The van der Waals surface area contributed by atoms with E-state index in [1.54, 1.807) is 48.5 Å². The van der Waals surface area contributed by atoms with Crippen LogP contribution in [-0.2, 0) is 4.79 Å². The Balaban J connectivity index is 1.91. The lowest BCUT2D eigenvalue weighted by molar-refractivity contribution is -0.136. The van der Waals surface area contributed by atoms with E-state index >= 15 is 0 Å². The highest BCUT2D eigenvalue weighted by Gasteiger charge is 2.06. The van der Waals surface area contributed by atoms with Gasteiger partial charge in [0.2, 0.25) is 0 Å². The molecule has 0 unspecified atom stereocenters. The van der Waals surface area contributed by atoms with Crippen LogP contribution in [0.25, 0.3) is 6.08 Å². The van der Waals surface area contributed by atoms with E-state index in [4.69, 9.17) is 20.0 Å². The fourth-order valence-electron chi connectivity index (χ4n) is 1.71. The molecular weight excluding hydrogens is 292 g/mol. The Bertz CT molecular complexity index is 766. The highest BCUT2D eigenvalue weighted by atomic mass is 16.6. The molecule has 0 atom stereocenters. The molecular formula is C18H12N2O3. The van der Waals surface area contributed by atoms with Crippen LogP contribution in [0.5, 0.6) is 11.5 Å². The first kappa shape index (κ1) is 15.8. The molecule has 5 heteroatoms. The van der Waals surface area contributed by atoms with Crippen LogP contribution < -0.4 is 9.47 Å². The molecule has 2 rings (SSSR count). The lowest BCUT2D eigenvalue weighted by Crippen LogP contribution is -2.17. The number of carbonyl (C=O) groups is 1. The third kappa shape index (κ3) is 5.04. The molecule has 0 fully saturated rings. The third-order valence-corrected chi connectivity index (χ3v) is 2.76. The molecule has 0 aromatic heterocycles. The highest BCUT2D eigenvalue weighted by molar-refractivity contribution is 5.74. The fraction of sp³-hybridized carbons (Fsp3) is 0.0556. The Hall–Kier alpha value is -3.57. The summed E-state index contributed by atoms with van der Waals surface area (Å²) in [4.78, 5) is 11.7. The number of carbonyl (C=O) groups excluding carboxylic acids is 1. The first-order valence-electron chi connectivity index (χ1n) is 6.72. The van der Waals surface area contributed by atoms with E-state index in [1.807, 2.05) is 18.2 Å². The van der Waals surface area contributed by atoms with E-state index in [1.165, 1.54) is 6.08 Å². The Morgan fingerprint density at radius 2 is 1.61 bits per heavy atom. The minimum Gasteiger partial charge on any atom is -0.482 e. The van der Waals surface area contributed by atoms with Gasteiger partial charge in [0.05, 0.1) is 0 Å². The molecule has 2 aromatic carbocycles. The van der Waals surface area contributed by atoms with Crippen molar-refractivity contribution in [3.63, 3.8) is 0 Å². The number of ether oxygens (including phenoxy) is 2. The molecule has 23 heavy (non-hydrogen) atoms. The van der Waals surface area contributed by atoms with Crippen LogP contribution in [0.15, 0.2) is 60.2 Å². The molecule has 5 nitrogen and oxygen atoms in total. The molecule has 0 aliphatic carbocycles. The molecule has 0 saturated carbocycles. The van der Waals surface area contributed by atoms with Crippen molar-refractivity contribution in [2.75, 3.05) is 6.61 Å². The van der Waals surface area contributed by atoms with Gasteiger partial charge >= 0.3 is 5.97 Å². The van der Waals surface area contributed by atoms with Gasteiger partial charge in [0.25, 0.3) is 0 Å². The maximum atomic E-state index is 11.7. The first-order valence-corrected chi connectivity index (χ1v) is 6.72. The lowest BCUT2D eigenvalue weighted by Gasteiger charge is -2.06. The van der Waals surface area contributed by atoms with Gasteiger partial charge in [-0.1, -0.05) is 30.3 Å². The second-order valence-electron chi connectivity index (χ2n) is 4.43. The largest absolute Gasteiger partial charge is 0.482 e. The van der Waals surface area contributed by atoms with Gasteiger partial charge in [-0.3, -0.25) is 0 Å². The van der Waals surface area contributed by atoms with Crippen molar-refractivity contribution in [1.82, 2.24) is 0 Å². The zero-order valence-electron chi connectivity index (χ0n) is 12.1. The average molecular weight is 304 g/mol. The van der Waals surface area contributed by atoms with Gasteiger partial charge in [-0.15, -0.1) is 0 Å². The number of hydrogen-bond acceptors (Lipinski definition) is 5. The summed E-state index contributed by atoms with van der Waals surface area (Å²) in [5.74, 6) is 0.427. The summed E-state index contributed by atoms with van der Waals surface area (Å²) >= 11 is 0. The molecule has 0 aliphatic heterocycles. The predicted octanol–water partition coefficient (Wildman–Crippen LogP) is 3.10. The molecule has 0 radical (unpaired) electrons. The Labute approximate surface area is 133 Å². The van der Waals surface area contributed by atoms with E-state index in [-0.39, 0.29) is 12.2 Å². The SMILES string of the molecule is N#CC(C#N)=Cc1ccc(OC(=O)COc2ccccc2)cc1. The topological polar surface area (TPSA) is 83.1 Å². The zero-order valence-corrected chi connectivity index (χ0v) is 12.1. The smallest absolute Gasteiger partial charge is 0.349 e. The van der Waals surface area contributed by atoms with Crippen molar-refractivity contribution in [3.05, 3.63) is 65.7 Å². The van der Waals surface area contributed by atoms with Gasteiger partial charge in [0.15, 0.2) is 6.61 Å². The number of allylic oxidation sites excluding steroid dienone is 1. The van der Waals surface area contributed by atoms with Crippen molar-refractivity contribution >= 4 is 12.0 Å². The quantitative estimate of drug-likeness (QED) is 0.481. The monoisotopic (exact) mass is 304 g/mol. The van der Waals surface area contributed by atoms with Crippen LogP contribution in [0, 0.1) is 22.7 Å². The van der Waals surface area contributed by atoms with Crippen LogP contribution in [0.3, 0.4) is 0 Å². The molecule has 112 valence electrons. The van der Waals surface area contributed by atoms with Gasteiger partial charge in [0.1, 0.15) is 29.2 Å². The van der Waals surface area contributed by atoms with E-state index < -0.39 is 5.97 Å². The minimum atomic E-state index is -0.521. The summed E-state index contributed by atoms with van der Waals surface area (Å²) < 4.78 is 10.4. The second kappa shape index (κ2) is 8.02. The van der Waals surface area contributed by atoms with Crippen molar-refractivity contribution in [3.8, 4) is 23.6 Å². The summed E-state index contributed by atoms with van der Waals surface area (Å²) in [6.45, 7) is -0.196. The number of para-hydroxylation sites is 1. The van der Waals surface area contributed by atoms with Gasteiger partial charge < -0.3 is 9.47 Å². The number of rotatable bonds is 5. The van der Waals surface area contributed by atoms with Gasteiger partial charge in [-0.2, -0.15) is 10.5 Å². The maximum absolute atomic E-state index is 11.7. The average Bonchev–Trinajstić information content (AvgIpc) is 2.60. The molecule has 0 heterocycles. The van der Waals surface area contributed by atoms with Crippen LogP contribution >= 0.6 is 0 Å². The standard InChI is InChI=1S/C18H12N2O3/c19-11-15(12-20)10-14-6-8-17(9-7-14)23-18(21)13-22-16-4-2-1-3-5-16/h1-10H,13H2. The van der Waals surface area contributed by atoms with Crippen LogP contribution in [0.4, 0.5) is 0 Å². The summed E-state index contributed by atoms with van der Waals surface area (Å²) in [5.41, 5.74) is 0.675. The van der Waals surface area contributed by atoms with E-state index in [2.05, 4.69) is 0 Å². The predicted molar refractivity (Wildman–Crippen MR) is 83.2 cm³/mol. The number of esters is 1. The Morgan fingerprint density at radius 1 is 0.957 bits per heavy atom. The van der Waals surface area contributed by atoms with Gasteiger partial charge in [-0.05, 0) is 35.9 Å². The zero-order chi connectivity index (χ0) is 16.5. The Morgan fingerprint density at radius 3 is 2.22 bits per heavy atom. The molecule has 0 amide bonds. The Kier molecular flexibility index (Phi) is 5.51. The normalized spacial score (nSPS) is 9.13. The fourth-order valence-corrected chi connectivity index (χ4v) is 1.71. The van der Waals surface area contributed by atoms with E-state index in [0.29, 0.717) is 17.1 Å². The highest BCUT2D eigenvalue weighted by Crippen LogP contribution is 2.15. The summed E-state index contributed by atoms with van der Waals surface area (Å²) in [6, 6.07) is 19.0. The van der Waals surface area contributed by atoms with Crippen molar-refractivity contribution in [1.29, 1.82) is 10.5 Å².